The van der Waals surface area contributed by atoms with Crippen molar-refractivity contribution in [3.63, 3.8) is 0 Å². The van der Waals surface area contributed by atoms with Gasteiger partial charge in [0, 0.05) is 13.1 Å². The number of nitrogens with one attached hydrogen (secondary N) is 1. The summed E-state index contributed by atoms with van der Waals surface area (Å²) in [6.45, 7) is 2.38. The van der Waals surface area contributed by atoms with Crippen molar-refractivity contribution in [3.05, 3.63) is 82.4 Å². The molecular formula is C23H25N5O3S. The largest absolute Gasteiger partial charge is 0.395 e. The normalized spacial score (nSPS) is 11.5. The van der Waals surface area contributed by atoms with Gasteiger partial charge in [0.25, 0.3) is 11.8 Å². The van der Waals surface area contributed by atoms with Crippen LogP contribution in [0.5, 0.6) is 0 Å². The summed E-state index contributed by atoms with van der Waals surface area (Å²) in [7, 11) is 0. The van der Waals surface area contributed by atoms with Crippen LogP contribution in [-0.2, 0) is 17.9 Å². The lowest BCUT2D eigenvalue weighted by atomic mass is 10.1. The zero-order valence-corrected chi connectivity index (χ0v) is 18.5. The van der Waals surface area contributed by atoms with Crippen molar-refractivity contribution in [3.8, 4) is 0 Å². The van der Waals surface area contributed by atoms with Crippen LogP contribution < -0.4 is 16.8 Å². The molecule has 0 fully saturated rings. The Morgan fingerprint density at radius 2 is 1.62 bits per heavy atom. The average molecular weight is 452 g/mol. The third-order valence-electron chi connectivity index (χ3n) is 4.99. The van der Waals surface area contributed by atoms with Gasteiger partial charge in [-0.1, -0.05) is 67.6 Å². The summed E-state index contributed by atoms with van der Waals surface area (Å²) in [5, 5.41) is 2.91. The number of nitrogens with two attached hydrogens (primary N) is 2. The number of carbonyl (C=O) groups is 3. The number of hydrogen-bond donors (Lipinski definition) is 3. The molecule has 0 aliphatic heterocycles. The number of amides is 3. The first-order chi connectivity index (χ1) is 15.4. The predicted molar refractivity (Wildman–Crippen MR) is 124 cm³/mol. The van der Waals surface area contributed by atoms with Gasteiger partial charge in [0.1, 0.15) is 10.9 Å². The molecule has 3 amide bonds. The van der Waals surface area contributed by atoms with E-state index < -0.39 is 17.9 Å². The second kappa shape index (κ2) is 10.5. The Hall–Kier alpha value is -3.72. The van der Waals surface area contributed by atoms with Gasteiger partial charge in [0.15, 0.2) is 5.69 Å². The molecule has 1 unspecified atom stereocenters. The van der Waals surface area contributed by atoms with E-state index in [1.807, 2.05) is 67.6 Å². The second-order valence-corrected chi connectivity index (χ2v) is 7.96. The fourth-order valence-electron chi connectivity index (χ4n) is 3.31. The first-order valence-corrected chi connectivity index (χ1v) is 10.9. The van der Waals surface area contributed by atoms with Crippen LogP contribution in [0.15, 0.2) is 60.7 Å². The van der Waals surface area contributed by atoms with Crippen LogP contribution >= 0.6 is 11.5 Å². The molecule has 0 spiro atoms. The quantitative estimate of drug-likeness (QED) is 0.460. The maximum absolute atomic E-state index is 13.5. The highest BCUT2D eigenvalue weighted by atomic mass is 32.1. The van der Waals surface area contributed by atoms with Crippen molar-refractivity contribution in [1.29, 1.82) is 0 Å². The molecule has 2 aromatic carbocycles. The highest BCUT2D eigenvalue weighted by Crippen LogP contribution is 2.25. The smallest absolute Gasteiger partial charge is 0.270 e. The van der Waals surface area contributed by atoms with E-state index in [4.69, 9.17) is 11.5 Å². The van der Waals surface area contributed by atoms with Gasteiger partial charge in [-0.05, 0) is 29.1 Å². The summed E-state index contributed by atoms with van der Waals surface area (Å²) >= 11 is 0.803. The number of hydrogen-bond acceptors (Lipinski definition) is 6. The van der Waals surface area contributed by atoms with Gasteiger partial charge in [0.2, 0.25) is 5.91 Å². The van der Waals surface area contributed by atoms with Gasteiger partial charge in [-0.25, -0.2) is 0 Å². The maximum Gasteiger partial charge on any atom is 0.270 e. The topological polar surface area (TPSA) is 131 Å². The number of carbonyl (C=O) groups excluding carboxylic acids is 3. The lowest BCUT2D eigenvalue weighted by Gasteiger charge is -2.30. The Kier molecular flexibility index (Phi) is 7.56. The minimum atomic E-state index is -0.806. The minimum Gasteiger partial charge on any atom is -0.395 e. The molecule has 0 saturated carbocycles. The third kappa shape index (κ3) is 5.30. The number of rotatable bonds is 9. The first kappa shape index (κ1) is 23.0. The van der Waals surface area contributed by atoms with E-state index in [1.54, 1.807) is 0 Å². The van der Waals surface area contributed by atoms with E-state index in [9.17, 15) is 14.4 Å². The van der Waals surface area contributed by atoms with Crippen molar-refractivity contribution in [2.45, 2.75) is 32.5 Å². The molecule has 9 heteroatoms. The summed E-state index contributed by atoms with van der Waals surface area (Å²) in [5.74, 6) is -1.56. The Morgan fingerprint density at radius 3 is 2.16 bits per heavy atom. The Balaban J connectivity index is 1.88. The summed E-state index contributed by atoms with van der Waals surface area (Å²) in [6.07, 6.45) is 0.389. The van der Waals surface area contributed by atoms with E-state index in [0.717, 1.165) is 22.7 Å². The van der Waals surface area contributed by atoms with Crippen LogP contribution in [0.2, 0.25) is 0 Å². The molecule has 0 aliphatic carbocycles. The van der Waals surface area contributed by atoms with Crippen LogP contribution in [0.3, 0.4) is 0 Å². The van der Waals surface area contributed by atoms with E-state index in [-0.39, 0.29) is 28.7 Å². The fraction of sp³-hybridized carbons (Fsp3) is 0.217. The van der Waals surface area contributed by atoms with Gasteiger partial charge < -0.3 is 21.7 Å². The van der Waals surface area contributed by atoms with Crippen molar-refractivity contribution in [1.82, 2.24) is 14.6 Å². The van der Waals surface area contributed by atoms with Gasteiger partial charge in [-0.15, -0.1) is 0 Å². The molecule has 0 bridgehead atoms. The first-order valence-electron chi connectivity index (χ1n) is 10.1. The lowest BCUT2D eigenvalue weighted by molar-refractivity contribution is -0.126. The molecule has 166 valence electrons. The zero-order valence-electron chi connectivity index (χ0n) is 17.7. The molecule has 3 rings (SSSR count). The molecule has 0 aliphatic rings. The molecule has 0 saturated heterocycles. The van der Waals surface area contributed by atoms with Crippen LogP contribution in [0.4, 0.5) is 5.69 Å². The molecule has 5 N–H and O–H groups in total. The summed E-state index contributed by atoms with van der Waals surface area (Å²) in [6, 6.07) is 18.1. The van der Waals surface area contributed by atoms with Crippen molar-refractivity contribution in [2.75, 3.05) is 5.73 Å². The van der Waals surface area contributed by atoms with Crippen molar-refractivity contribution in [2.24, 2.45) is 5.73 Å². The number of nitrogens with zero attached hydrogens (tertiary/aromatic N) is 2. The lowest BCUT2D eigenvalue weighted by Crippen LogP contribution is -2.48. The molecule has 0 radical (unpaired) electrons. The van der Waals surface area contributed by atoms with Gasteiger partial charge >= 0.3 is 0 Å². The molecule has 1 aromatic heterocycles. The van der Waals surface area contributed by atoms with Crippen LogP contribution in [0, 0.1) is 0 Å². The molecule has 3 aromatic rings. The number of anilines is 1. The van der Waals surface area contributed by atoms with E-state index in [1.165, 1.54) is 4.90 Å². The van der Waals surface area contributed by atoms with E-state index in [2.05, 4.69) is 9.69 Å². The van der Waals surface area contributed by atoms with Crippen molar-refractivity contribution >= 4 is 34.9 Å². The summed E-state index contributed by atoms with van der Waals surface area (Å²) < 4.78 is 3.93. The highest BCUT2D eigenvalue weighted by Gasteiger charge is 2.32. The SMILES string of the molecule is CCC(C(=O)NCc1ccccc1)N(Cc1ccccc1)C(=O)c1snc(C(N)=O)c1N. The van der Waals surface area contributed by atoms with E-state index >= 15 is 0 Å². The molecule has 1 atom stereocenters. The number of primary amides is 1. The predicted octanol–water partition coefficient (Wildman–Crippen LogP) is 2.56. The van der Waals surface area contributed by atoms with E-state index in [0.29, 0.717) is 13.0 Å². The third-order valence-corrected chi connectivity index (χ3v) is 5.84. The van der Waals surface area contributed by atoms with Crippen LogP contribution in [-0.4, -0.2) is 33.0 Å². The number of aromatic nitrogens is 1. The highest BCUT2D eigenvalue weighted by molar-refractivity contribution is 7.09. The van der Waals surface area contributed by atoms with Crippen molar-refractivity contribution < 1.29 is 14.4 Å². The maximum atomic E-state index is 13.5. The second-order valence-electron chi connectivity index (χ2n) is 7.18. The Morgan fingerprint density at radius 1 is 1.03 bits per heavy atom. The molecular weight excluding hydrogens is 426 g/mol. The zero-order chi connectivity index (χ0) is 23.1. The summed E-state index contributed by atoms with van der Waals surface area (Å²) in [4.78, 5) is 39.6. The van der Waals surface area contributed by atoms with Crippen LogP contribution in [0.25, 0.3) is 0 Å². The Bertz CT molecular complexity index is 1090. The standard InChI is InChI=1S/C23H25N5O3S/c1-2-17(22(30)26-13-15-9-5-3-6-10-15)28(14-16-11-7-4-8-12-16)23(31)20-18(24)19(21(25)29)27-32-20/h3-12,17H,2,13-14,24H2,1H3,(H2,25,29)(H,26,30). The number of benzene rings is 2. The van der Waals surface area contributed by atoms with Gasteiger partial charge in [0.05, 0.1) is 5.69 Å². The minimum absolute atomic E-state index is 0.0647. The Labute approximate surface area is 190 Å². The van der Waals surface area contributed by atoms with Crippen LogP contribution in [0.1, 0.15) is 44.6 Å². The monoisotopic (exact) mass is 451 g/mol. The molecule has 32 heavy (non-hydrogen) atoms. The molecule has 1 heterocycles. The average Bonchev–Trinajstić information content (AvgIpc) is 3.20. The molecule has 8 nitrogen and oxygen atoms in total. The van der Waals surface area contributed by atoms with Gasteiger partial charge in [-0.2, -0.15) is 4.37 Å². The number of nitrogen functional groups attached to an aromatic ring is 1. The summed E-state index contributed by atoms with van der Waals surface area (Å²) in [5.41, 5.74) is 12.9. The fourth-order valence-corrected chi connectivity index (χ4v) is 4.07. The van der Waals surface area contributed by atoms with Gasteiger partial charge in [-0.3, -0.25) is 14.4 Å².